The average Bonchev–Trinajstić information content (AvgIpc) is 0.918. The van der Waals surface area contributed by atoms with Gasteiger partial charge in [-0.25, -0.2) is 0 Å². The van der Waals surface area contributed by atoms with E-state index in [9.17, 15) is 0 Å². The maximum absolute atomic E-state index is 4.39. The molecule has 5 heavy (non-hydrogen) atoms. The van der Waals surface area contributed by atoms with Gasteiger partial charge in [0.25, 0.3) is 0 Å². The van der Waals surface area contributed by atoms with Crippen LogP contribution in [0, 0.1) is 0 Å². The third kappa shape index (κ3) is 39.6. The molecule has 0 atom stereocenters. The molecule has 0 aromatic heterocycles. The Kier molecular flexibility index (Phi) is 63.7. The van der Waals surface area contributed by atoms with Crippen LogP contribution in [0.25, 0.3) is 10.5 Å². The van der Waals surface area contributed by atoms with Crippen molar-refractivity contribution in [2.45, 2.75) is 0 Å². The molecule has 0 saturated heterocycles. The zero-order valence-corrected chi connectivity index (χ0v) is 6.97. The van der Waals surface area contributed by atoms with Crippen LogP contribution in [-0.2, 0) is 19.5 Å². The van der Waals surface area contributed by atoms with E-state index in [0.29, 0.717) is 0 Å². The summed E-state index contributed by atoms with van der Waals surface area (Å²) in [6.45, 7) is 0. The first-order chi connectivity index (χ1) is 1.41. The Morgan fingerprint density at radius 3 is 1.20 bits per heavy atom. The van der Waals surface area contributed by atoms with Crippen molar-refractivity contribution in [1.82, 2.24) is 0 Å². The molecule has 0 rings (SSSR count). The molecule has 0 aliphatic heterocycles. The van der Waals surface area contributed by atoms with Gasteiger partial charge in [-0.05, 0) is 0 Å². The van der Waals surface area contributed by atoms with Crippen LogP contribution in [0.4, 0.5) is 0 Å². The number of halogens is 2. The Morgan fingerprint density at radius 2 is 1.20 bits per heavy atom. The van der Waals surface area contributed by atoms with Crippen LogP contribution >= 0.6 is 23.6 Å². The molecule has 0 aromatic rings. The zero-order valence-electron chi connectivity index (χ0n) is 2.49. The average molecular weight is 166 g/mol. The molecule has 0 aliphatic carbocycles. The molecular formula is H2Cl2N2Zn. The Morgan fingerprint density at radius 1 is 1.20 bits per heavy atom. The zero-order chi connectivity index (χ0) is 2.71. The third-order valence-electron chi connectivity index (χ3n) is 0. The SMILES string of the molecule is Cl[N-]Cl.[NH2-].[Zn+2]. The summed E-state index contributed by atoms with van der Waals surface area (Å²) >= 11 is 8.78. The van der Waals surface area contributed by atoms with Crippen molar-refractivity contribution in [3.05, 3.63) is 10.5 Å². The molecule has 2 nitrogen and oxygen atoms in total. The summed E-state index contributed by atoms with van der Waals surface area (Å²) in [6, 6.07) is 0. The largest absolute Gasteiger partial charge is 2.00 e. The summed E-state index contributed by atoms with van der Waals surface area (Å²) in [6.07, 6.45) is 0. The van der Waals surface area contributed by atoms with E-state index < -0.39 is 0 Å². The molecule has 0 amide bonds. The predicted molar refractivity (Wildman–Crippen MR) is 20.3 cm³/mol. The molecule has 0 aliphatic rings. The fraction of sp³-hybridized carbons (Fsp3) is 0. The summed E-state index contributed by atoms with van der Waals surface area (Å²) in [5.41, 5.74) is 0. The Balaban J connectivity index is -0.0000000200. The number of hydrogen-bond acceptors (Lipinski definition) is 0. The fourth-order valence-electron chi connectivity index (χ4n) is 0. The Hall–Kier alpha value is 1.12. The normalized spacial score (nSPS) is 3.60. The van der Waals surface area contributed by atoms with Crippen LogP contribution in [0.2, 0.25) is 0 Å². The summed E-state index contributed by atoms with van der Waals surface area (Å²) < 4.78 is 2.44. The molecule has 0 spiro atoms. The van der Waals surface area contributed by atoms with E-state index in [4.69, 9.17) is 0 Å². The van der Waals surface area contributed by atoms with Gasteiger partial charge in [-0.15, -0.1) is 0 Å². The van der Waals surface area contributed by atoms with E-state index in [1.54, 1.807) is 0 Å². The monoisotopic (exact) mass is 164 g/mol. The Bertz CT molecular complexity index is 7.61. The molecule has 0 bridgehead atoms. The minimum atomic E-state index is 0. The second kappa shape index (κ2) is 19.3. The van der Waals surface area contributed by atoms with Gasteiger partial charge in [-0.1, -0.05) is 0 Å². The van der Waals surface area contributed by atoms with Gasteiger partial charge in [-0.3, -0.25) is 23.6 Å². The number of nitrogens with zero attached hydrogens (tertiary/aromatic N) is 1. The molecule has 0 fully saturated rings. The molecular weight excluding hydrogens is 164 g/mol. The van der Waals surface area contributed by atoms with Gasteiger partial charge in [0.2, 0.25) is 0 Å². The summed E-state index contributed by atoms with van der Waals surface area (Å²) in [5, 5.41) is 0. The molecule has 28 valence electrons. The first-order valence-corrected chi connectivity index (χ1v) is 1.01. The van der Waals surface area contributed by atoms with Gasteiger partial charge in [-0.2, -0.15) is 0 Å². The minimum absolute atomic E-state index is 0. The Labute approximate surface area is 53.8 Å². The number of hydrogen-bond donors (Lipinski definition) is 0. The summed E-state index contributed by atoms with van der Waals surface area (Å²) in [7, 11) is 0. The van der Waals surface area contributed by atoms with Crippen LogP contribution in [0.3, 0.4) is 0 Å². The van der Waals surface area contributed by atoms with Crippen molar-refractivity contribution in [2.75, 3.05) is 0 Å². The van der Waals surface area contributed by atoms with Crippen molar-refractivity contribution in [1.29, 1.82) is 0 Å². The van der Waals surface area contributed by atoms with Crippen molar-refractivity contribution in [3.8, 4) is 0 Å². The molecule has 0 radical (unpaired) electrons. The second-order valence-electron chi connectivity index (χ2n) is 0.0639. The van der Waals surface area contributed by atoms with Crippen molar-refractivity contribution in [2.24, 2.45) is 0 Å². The molecule has 2 N–H and O–H groups in total. The van der Waals surface area contributed by atoms with Crippen molar-refractivity contribution in [3.63, 3.8) is 0 Å². The quantitative estimate of drug-likeness (QED) is 0.496. The van der Waals surface area contributed by atoms with Gasteiger partial charge in [0, 0.05) is 0 Å². The molecule has 5 heteroatoms. The molecule has 0 unspecified atom stereocenters. The predicted octanol–water partition coefficient (Wildman–Crippen LogP) is 2.38. The maximum atomic E-state index is 4.39. The van der Waals surface area contributed by atoms with Crippen molar-refractivity contribution < 1.29 is 19.5 Å². The fourth-order valence-corrected chi connectivity index (χ4v) is 0. The summed E-state index contributed by atoms with van der Waals surface area (Å²) in [5.74, 6) is 0. The van der Waals surface area contributed by atoms with E-state index in [1.165, 1.54) is 0 Å². The third-order valence-corrected chi connectivity index (χ3v) is 0. The topological polar surface area (TPSA) is 47.6 Å². The van der Waals surface area contributed by atoms with Crippen LogP contribution < -0.4 is 0 Å². The first-order valence-electron chi connectivity index (χ1n) is 0.338. The molecule has 0 aromatic carbocycles. The van der Waals surface area contributed by atoms with Crippen LogP contribution in [0.1, 0.15) is 0 Å². The summed E-state index contributed by atoms with van der Waals surface area (Å²) in [4.78, 5) is 0. The second-order valence-corrected chi connectivity index (χ2v) is 0.575. The molecule has 0 saturated carbocycles. The number of nitrogens with two attached hydrogens (primary N) is 1. The van der Waals surface area contributed by atoms with Crippen LogP contribution in [-0.4, -0.2) is 0 Å². The smallest absolute Gasteiger partial charge is 0.693 e. The standard InChI is InChI=1S/Cl2N.H2N.Zn/c1-3-2;;/h;1H2;/q2*-1;+2. The first kappa shape index (κ1) is 16.5. The van der Waals surface area contributed by atoms with Crippen LogP contribution in [0.5, 0.6) is 0 Å². The van der Waals surface area contributed by atoms with E-state index in [-0.39, 0.29) is 25.6 Å². The van der Waals surface area contributed by atoms with E-state index >= 15 is 0 Å². The van der Waals surface area contributed by atoms with Crippen LogP contribution in [0.15, 0.2) is 0 Å². The van der Waals surface area contributed by atoms with Crippen molar-refractivity contribution >= 4 is 23.6 Å². The van der Waals surface area contributed by atoms with E-state index in [0.717, 1.165) is 0 Å². The van der Waals surface area contributed by atoms with Gasteiger partial charge in [0.15, 0.2) is 0 Å². The van der Waals surface area contributed by atoms with Gasteiger partial charge in [0.1, 0.15) is 0 Å². The van der Waals surface area contributed by atoms with Gasteiger partial charge in [0.05, 0.1) is 0 Å². The van der Waals surface area contributed by atoms with E-state index in [2.05, 4.69) is 27.9 Å². The number of rotatable bonds is 0. The van der Waals surface area contributed by atoms with Gasteiger partial charge < -0.3 is 10.5 Å². The minimum Gasteiger partial charge on any atom is -0.693 e. The van der Waals surface area contributed by atoms with Gasteiger partial charge >= 0.3 is 19.5 Å². The molecule has 0 heterocycles. The van der Waals surface area contributed by atoms with E-state index in [1.807, 2.05) is 0 Å². The maximum Gasteiger partial charge on any atom is 2.00 e.